The number of aryl methyl sites for hydroxylation is 1. The van der Waals surface area contributed by atoms with Gasteiger partial charge in [-0.25, -0.2) is 0 Å². The minimum absolute atomic E-state index is 0.0201. The molecule has 0 radical (unpaired) electrons. The molecular weight excluding hydrogens is 252 g/mol. The standard InChI is InChI=1S/C16H20N2O2/c1-11-4-5-12-8-13(16(19)18-15(12)7-11)9-17-10-14-3-2-6-20-14/h4-5,7-8,14,17H,2-3,6,9-10H2,1H3,(H,18,19)/p+1/t14-/m0/s1. The molecule has 20 heavy (non-hydrogen) atoms. The lowest BCUT2D eigenvalue weighted by atomic mass is 10.1. The first-order valence-electron chi connectivity index (χ1n) is 7.28. The summed E-state index contributed by atoms with van der Waals surface area (Å²) in [5.74, 6) is 0. The Morgan fingerprint density at radius 1 is 1.40 bits per heavy atom. The van der Waals surface area contributed by atoms with Crippen LogP contribution >= 0.6 is 0 Å². The van der Waals surface area contributed by atoms with Crippen molar-refractivity contribution in [3.05, 3.63) is 45.7 Å². The molecular formula is C16H21N2O2+. The molecule has 4 nitrogen and oxygen atoms in total. The average Bonchev–Trinajstić information content (AvgIpc) is 2.93. The van der Waals surface area contributed by atoms with E-state index >= 15 is 0 Å². The highest BCUT2D eigenvalue weighted by atomic mass is 16.5. The molecule has 3 N–H and O–H groups in total. The number of pyridine rings is 1. The zero-order valence-electron chi connectivity index (χ0n) is 11.8. The molecule has 0 unspecified atom stereocenters. The quantitative estimate of drug-likeness (QED) is 0.875. The lowest BCUT2D eigenvalue weighted by molar-refractivity contribution is -0.676. The molecule has 0 bridgehead atoms. The fourth-order valence-corrected chi connectivity index (χ4v) is 2.77. The summed E-state index contributed by atoms with van der Waals surface area (Å²) in [6.45, 7) is 4.56. The molecule has 3 rings (SSSR count). The molecule has 1 aromatic heterocycles. The van der Waals surface area contributed by atoms with E-state index < -0.39 is 0 Å². The van der Waals surface area contributed by atoms with Gasteiger partial charge in [0.05, 0.1) is 5.56 Å². The molecule has 1 fully saturated rings. The predicted octanol–water partition coefficient (Wildman–Crippen LogP) is 1.08. The van der Waals surface area contributed by atoms with Crippen molar-refractivity contribution in [2.45, 2.75) is 32.4 Å². The third kappa shape index (κ3) is 2.92. The van der Waals surface area contributed by atoms with E-state index in [0.717, 1.165) is 48.0 Å². The van der Waals surface area contributed by atoms with Gasteiger partial charge in [-0.15, -0.1) is 0 Å². The maximum atomic E-state index is 12.1. The van der Waals surface area contributed by atoms with E-state index in [4.69, 9.17) is 4.74 Å². The van der Waals surface area contributed by atoms with Crippen LogP contribution in [0.25, 0.3) is 10.9 Å². The predicted molar refractivity (Wildman–Crippen MR) is 78.8 cm³/mol. The minimum atomic E-state index is 0.0201. The van der Waals surface area contributed by atoms with E-state index in [1.807, 2.05) is 19.1 Å². The summed E-state index contributed by atoms with van der Waals surface area (Å²) in [7, 11) is 0. The SMILES string of the molecule is Cc1ccc2cc(C[NH2+]C[C@@H]3CCCO3)c(=O)[nH]c2c1. The number of fused-ring (bicyclic) bond motifs is 1. The van der Waals surface area contributed by atoms with E-state index in [1.54, 1.807) is 0 Å². The van der Waals surface area contributed by atoms with E-state index in [0.29, 0.717) is 12.6 Å². The van der Waals surface area contributed by atoms with Crippen LogP contribution in [0, 0.1) is 6.92 Å². The summed E-state index contributed by atoms with van der Waals surface area (Å²) in [6, 6.07) is 8.14. The highest BCUT2D eigenvalue weighted by molar-refractivity contribution is 5.79. The van der Waals surface area contributed by atoms with Crippen LogP contribution in [0.15, 0.2) is 29.1 Å². The zero-order chi connectivity index (χ0) is 13.9. The molecule has 1 atom stereocenters. The number of H-pyrrole nitrogens is 1. The Hall–Kier alpha value is -1.65. The van der Waals surface area contributed by atoms with Crippen molar-refractivity contribution in [2.75, 3.05) is 13.2 Å². The van der Waals surface area contributed by atoms with Gasteiger partial charge in [0.2, 0.25) is 0 Å². The number of nitrogens with two attached hydrogens (primary N) is 1. The fraction of sp³-hybridized carbons (Fsp3) is 0.438. The van der Waals surface area contributed by atoms with Crippen molar-refractivity contribution in [1.29, 1.82) is 0 Å². The molecule has 1 aliphatic heterocycles. The van der Waals surface area contributed by atoms with Gasteiger partial charge < -0.3 is 15.0 Å². The molecule has 2 heterocycles. The lowest BCUT2D eigenvalue weighted by Crippen LogP contribution is -2.85. The molecule has 1 saturated heterocycles. The summed E-state index contributed by atoms with van der Waals surface area (Å²) < 4.78 is 5.59. The largest absolute Gasteiger partial charge is 0.372 e. The van der Waals surface area contributed by atoms with Crippen LogP contribution in [0.2, 0.25) is 0 Å². The number of ether oxygens (including phenoxy) is 1. The van der Waals surface area contributed by atoms with Gasteiger partial charge in [-0.05, 0) is 42.8 Å². The van der Waals surface area contributed by atoms with Crippen molar-refractivity contribution < 1.29 is 10.1 Å². The Morgan fingerprint density at radius 3 is 3.10 bits per heavy atom. The number of aromatic amines is 1. The Kier molecular flexibility index (Phi) is 3.85. The fourth-order valence-electron chi connectivity index (χ4n) is 2.77. The molecule has 106 valence electrons. The summed E-state index contributed by atoms with van der Waals surface area (Å²) in [5, 5.41) is 3.26. The van der Waals surface area contributed by atoms with Crippen LogP contribution in [-0.2, 0) is 11.3 Å². The molecule has 1 aromatic carbocycles. The molecule has 4 heteroatoms. The number of benzene rings is 1. The van der Waals surface area contributed by atoms with Gasteiger partial charge in [0.1, 0.15) is 19.2 Å². The molecule has 0 saturated carbocycles. The van der Waals surface area contributed by atoms with Gasteiger partial charge >= 0.3 is 0 Å². The number of aromatic nitrogens is 1. The van der Waals surface area contributed by atoms with E-state index in [9.17, 15) is 4.79 Å². The molecule has 2 aromatic rings. The van der Waals surface area contributed by atoms with E-state index in [-0.39, 0.29) is 5.56 Å². The monoisotopic (exact) mass is 273 g/mol. The Bertz CT molecular complexity index is 657. The van der Waals surface area contributed by atoms with Crippen LogP contribution in [0.1, 0.15) is 24.0 Å². The Balaban J connectivity index is 1.72. The maximum absolute atomic E-state index is 12.1. The summed E-state index contributed by atoms with van der Waals surface area (Å²) in [4.78, 5) is 15.0. The second-order valence-corrected chi connectivity index (χ2v) is 5.58. The first-order valence-corrected chi connectivity index (χ1v) is 7.28. The highest BCUT2D eigenvalue weighted by Crippen LogP contribution is 2.12. The number of quaternary nitrogens is 1. The van der Waals surface area contributed by atoms with Crippen molar-refractivity contribution in [1.82, 2.24) is 4.98 Å². The van der Waals surface area contributed by atoms with Crippen LogP contribution in [-0.4, -0.2) is 24.2 Å². The molecule has 0 aliphatic carbocycles. The summed E-state index contributed by atoms with van der Waals surface area (Å²) in [5.41, 5.74) is 2.93. The zero-order valence-corrected chi connectivity index (χ0v) is 11.8. The van der Waals surface area contributed by atoms with E-state index in [2.05, 4.69) is 22.4 Å². The lowest BCUT2D eigenvalue weighted by Gasteiger charge is -2.08. The van der Waals surface area contributed by atoms with Crippen LogP contribution < -0.4 is 10.9 Å². The Labute approximate surface area is 118 Å². The topological polar surface area (TPSA) is 58.7 Å². The third-order valence-corrected chi connectivity index (χ3v) is 3.90. The molecule has 0 amide bonds. The van der Waals surface area contributed by atoms with Crippen molar-refractivity contribution in [2.24, 2.45) is 0 Å². The number of hydrogen-bond donors (Lipinski definition) is 2. The average molecular weight is 273 g/mol. The minimum Gasteiger partial charge on any atom is -0.372 e. The van der Waals surface area contributed by atoms with Gasteiger partial charge in [0, 0.05) is 12.1 Å². The van der Waals surface area contributed by atoms with Crippen molar-refractivity contribution in [3.63, 3.8) is 0 Å². The smallest absolute Gasteiger partial charge is 0.257 e. The first-order chi connectivity index (χ1) is 9.72. The summed E-state index contributed by atoms with van der Waals surface area (Å²) in [6.07, 6.45) is 2.66. The highest BCUT2D eigenvalue weighted by Gasteiger charge is 2.17. The number of hydrogen-bond acceptors (Lipinski definition) is 2. The van der Waals surface area contributed by atoms with Gasteiger partial charge in [0.15, 0.2) is 0 Å². The van der Waals surface area contributed by atoms with Gasteiger partial charge in [-0.1, -0.05) is 12.1 Å². The Morgan fingerprint density at radius 2 is 2.30 bits per heavy atom. The third-order valence-electron chi connectivity index (χ3n) is 3.90. The molecule has 1 aliphatic rings. The molecule has 0 spiro atoms. The summed E-state index contributed by atoms with van der Waals surface area (Å²) >= 11 is 0. The maximum Gasteiger partial charge on any atom is 0.257 e. The van der Waals surface area contributed by atoms with Crippen LogP contribution in [0.4, 0.5) is 0 Å². The number of rotatable bonds is 4. The van der Waals surface area contributed by atoms with Crippen LogP contribution in [0.3, 0.4) is 0 Å². The van der Waals surface area contributed by atoms with Gasteiger partial charge in [0.25, 0.3) is 5.56 Å². The first kappa shape index (κ1) is 13.3. The van der Waals surface area contributed by atoms with Gasteiger partial charge in [-0.3, -0.25) is 4.79 Å². The van der Waals surface area contributed by atoms with Crippen molar-refractivity contribution in [3.8, 4) is 0 Å². The van der Waals surface area contributed by atoms with E-state index in [1.165, 1.54) is 0 Å². The van der Waals surface area contributed by atoms with Crippen LogP contribution in [0.5, 0.6) is 0 Å². The number of nitrogens with one attached hydrogen (secondary N) is 1. The van der Waals surface area contributed by atoms with Gasteiger partial charge in [-0.2, -0.15) is 0 Å². The second kappa shape index (κ2) is 5.77. The normalized spacial score (nSPS) is 18.8. The second-order valence-electron chi connectivity index (χ2n) is 5.58. The van der Waals surface area contributed by atoms with Crippen molar-refractivity contribution >= 4 is 10.9 Å².